The maximum Gasteiger partial charge on any atom is 0.155 e. The number of allylic oxidation sites excluding steroid dienone is 1. The summed E-state index contributed by atoms with van der Waals surface area (Å²) >= 11 is 0. The third kappa shape index (κ3) is 1.75. The van der Waals surface area contributed by atoms with Crippen LogP contribution in [0.25, 0.3) is 0 Å². The van der Waals surface area contributed by atoms with Gasteiger partial charge >= 0.3 is 0 Å². The number of fused-ring (bicyclic) bond motifs is 5. The van der Waals surface area contributed by atoms with Crippen LogP contribution < -0.4 is 0 Å². The minimum absolute atomic E-state index is 0.103. The van der Waals surface area contributed by atoms with Gasteiger partial charge in [-0.15, -0.1) is 6.42 Å². The predicted molar refractivity (Wildman–Crippen MR) is 85.9 cm³/mol. The summed E-state index contributed by atoms with van der Waals surface area (Å²) < 4.78 is 0. The maximum absolute atomic E-state index is 11.7. The first-order valence-corrected chi connectivity index (χ1v) is 8.92. The van der Waals surface area contributed by atoms with E-state index in [1.165, 1.54) is 12.0 Å². The Morgan fingerprint density at radius 2 is 2.00 bits per heavy atom. The minimum atomic E-state index is -0.902. The third-order valence-corrected chi connectivity index (χ3v) is 7.69. The fraction of sp³-hybridized carbons (Fsp3) is 0.750. The van der Waals surface area contributed by atoms with Gasteiger partial charge < -0.3 is 5.11 Å². The first-order valence-electron chi connectivity index (χ1n) is 8.92. The number of terminal acetylenes is 1. The summed E-state index contributed by atoms with van der Waals surface area (Å²) in [5.74, 6) is 5.66. The van der Waals surface area contributed by atoms with Crippen molar-refractivity contribution in [3.63, 3.8) is 0 Å². The molecule has 4 aliphatic carbocycles. The molecule has 1 N–H and O–H groups in total. The van der Waals surface area contributed by atoms with Crippen molar-refractivity contribution in [2.24, 2.45) is 29.1 Å². The van der Waals surface area contributed by atoms with Crippen LogP contribution in [-0.4, -0.2) is 16.5 Å². The quantitative estimate of drug-likeness (QED) is 0.695. The molecule has 3 saturated carbocycles. The number of hydrogen-bond acceptors (Lipinski definition) is 2. The molecule has 0 aromatic rings. The van der Waals surface area contributed by atoms with Crippen LogP contribution in [-0.2, 0) is 4.79 Å². The number of carbonyl (C=O) groups excluding carboxylic acids is 1. The van der Waals surface area contributed by atoms with Crippen molar-refractivity contribution in [2.45, 2.75) is 63.9 Å². The second-order valence-electron chi connectivity index (χ2n) is 8.30. The van der Waals surface area contributed by atoms with Gasteiger partial charge in [-0.25, -0.2) is 0 Å². The average Bonchev–Trinajstić information content (AvgIpc) is 2.79. The monoisotopic (exact) mass is 298 g/mol. The first-order chi connectivity index (χ1) is 10.5. The summed E-state index contributed by atoms with van der Waals surface area (Å²) in [6.07, 6.45) is 15.7. The normalized spacial score (nSPS) is 50.4. The molecular weight excluding hydrogens is 272 g/mol. The topological polar surface area (TPSA) is 37.3 Å². The zero-order chi connectivity index (χ0) is 15.5. The minimum Gasteiger partial charge on any atom is -0.377 e. The van der Waals surface area contributed by atoms with E-state index in [0.29, 0.717) is 29.5 Å². The lowest BCUT2D eigenvalue weighted by Crippen LogP contribution is -2.52. The van der Waals surface area contributed by atoms with Crippen LogP contribution in [0.3, 0.4) is 0 Å². The molecule has 2 heteroatoms. The van der Waals surface area contributed by atoms with Crippen molar-refractivity contribution in [1.29, 1.82) is 0 Å². The van der Waals surface area contributed by atoms with Gasteiger partial charge in [0.2, 0.25) is 0 Å². The zero-order valence-electron chi connectivity index (χ0n) is 13.5. The van der Waals surface area contributed by atoms with E-state index in [0.717, 1.165) is 44.9 Å². The smallest absolute Gasteiger partial charge is 0.155 e. The van der Waals surface area contributed by atoms with E-state index in [4.69, 9.17) is 6.42 Å². The molecular formula is C20H26O2. The van der Waals surface area contributed by atoms with Gasteiger partial charge in [0.1, 0.15) is 5.60 Å². The van der Waals surface area contributed by atoms with Gasteiger partial charge in [0.15, 0.2) is 5.78 Å². The molecule has 22 heavy (non-hydrogen) atoms. The molecule has 0 spiro atoms. The lowest BCUT2D eigenvalue weighted by molar-refractivity contribution is -0.116. The highest BCUT2D eigenvalue weighted by atomic mass is 16.3. The third-order valence-electron chi connectivity index (χ3n) is 7.69. The SMILES string of the molecule is C#C[C@]1(O)CC[C@@H]2[C@@H]3CCC4=CC(=O)CC[C@H]4[C@H]3CC[C@@]21C. The second-order valence-corrected chi connectivity index (χ2v) is 8.30. The van der Waals surface area contributed by atoms with Crippen LogP contribution >= 0.6 is 0 Å². The lowest BCUT2D eigenvalue weighted by Gasteiger charge is -2.54. The molecule has 2 nitrogen and oxygen atoms in total. The number of carbonyl (C=O) groups is 1. The fourth-order valence-electron chi connectivity index (χ4n) is 6.43. The first kappa shape index (κ1) is 14.5. The molecule has 0 unspecified atom stereocenters. The van der Waals surface area contributed by atoms with Crippen LogP contribution in [0.2, 0.25) is 0 Å². The van der Waals surface area contributed by atoms with Crippen LogP contribution in [0.5, 0.6) is 0 Å². The largest absolute Gasteiger partial charge is 0.377 e. The molecule has 4 aliphatic rings. The van der Waals surface area contributed by atoms with E-state index < -0.39 is 5.60 Å². The van der Waals surface area contributed by atoms with Crippen LogP contribution in [0.1, 0.15) is 58.3 Å². The molecule has 4 rings (SSSR count). The molecule has 3 fully saturated rings. The van der Waals surface area contributed by atoms with E-state index >= 15 is 0 Å². The van der Waals surface area contributed by atoms with Crippen molar-refractivity contribution >= 4 is 5.78 Å². The van der Waals surface area contributed by atoms with Crippen molar-refractivity contribution in [3.8, 4) is 12.3 Å². The summed E-state index contributed by atoms with van der Waals surface area (Å²) in [5.41, 5.74) is 0.418. The van der Waals surface area contributed by atoms with E-state index in [1.807, 2.05) is 6.08 Å². The van der Waals surface area contributed by atoms with Gasteiger partial charge in [-0.1, -0.05) is 18.4 Å². The van der Waals surface area contributed by atoms with E-state index in [1.54, 1.807) is 0 Å². The Balaban J connectivity index is 1.65. The van der Waals surface area contributed by atoms with Gasteiger partial charge in [-0.2, -0.15) is 0 Å². The number of aliphatic hydroxyl groups is 1. The molecule has 118 valence electrons. The Morgan fingerprint density at radius 3 is 2.77 bits per heavy atom. The number of hydrogen-bond donors (Lipinski definition) is 1. The van der Waals surface area contributed by atoms with Gasteiger partial charge in [0.05, 0.1) is 0 Å². The Hall–Kier alpha value is -1.07. The van der Waals surface area contributed by atoms with Gasteiger partial charge in [-0.05, 0) is 74.7 Å². The summed E-state index contributed by atoms with van der Waals surface area (Å²) in [6, 6.07) is 0. The highest BCUT2D eigenvalue weighted by Gasteiger charge is 2.61. The maximum atomic E-state index is 11.7. The van der Waals surface area contributed by atoms with Crippen LogP contribution in [0, 0.1) is 41.4 Å². The van der Waals surface area contributed by atoms with E-state index in [9.17, 15) is 9.90 Å². The van der Waals surface area contributed by atoms with E-state index in [2.05, 4.69) is 12.8 Å². The summed E-state index contributed by atoms with van der Waals surface area (Å²) in [7, 11) is 0. The molecule has 0 bridgehead atoms. The zero-order valence-corrected chi connectivity index (χ0v) is 13.5. The Kier molecular flexibility index (Phi) is 3.11. The number of ketones is 1. The highest BCUT2D eigenvalue weighted by molar-refractivity contribution is 5.91. The predicted octanol–water partition coefficient (Wildman–Crippen LogP) is 3.49. The van der Waals surface area contributed by atoms with Crippen LogP contribution in [0.4, 0.5) is 0 Å². The molecule has 0 saturated heterocycles. The van der Waals surface area contributed by atoms with Crippen LogP contribution in [0.15, 0.2) is 11.6 Å². The Bertz CT molecular complexity index is 583. The second kappa shape index (κ2) is 4.71. The summed E-state index contributed by atoms with van der Waals surface area (Å²) in [4.78, 5) is 11.7. The Morgan fingerprint density at radius 1 is 1.18 bits per heavy atom. The standard InChI is InChI=1S/C20H26O2/c1-3-20(22)11-9-18-17-6-4-13-12-14(21)5-7-15(13)16(17)8-10-19(18,20)2/h1,12,15-18,22H,4-11H2,2H3/t15-,16-,17-,18-,19+,20+/m1/s1. The van der Waals surface area contributed by atoms with Gasteiger partial charge in [0.25, 0.3) is 0 Å². The molecule has 0 aromatic carbocycles. The van der Waals surface area contributed by atoms with Gasteiger partial charge in [-0.3, -0.25) is 4.79 Å². The molecule has 0 heterocycles. The van der Waals surface area contributed by atoms with Crippen molar-refractivity contribution < 1.29 is 9.90 Å². The van der Waals surface area contributed by atoms with Gasteiger partial charge in [0, 0.05) is 11.8 Å². The van der Waals surface area contributed by atoms with Crippen molar-refractivity contribution in [2.75, 3.05) is 0 Å². The van der Waals surface area contributed by atoms with Crippen molar-refractivity contribution in [1.82, 2.24) is 0 Å². The molecule has 0 aromatic heterocycles. The van der Waals surface area contributed by atoms with E-state index in [-0.39, 0.29) is 5.41 Å². The lowest BCUT2D eigenvalue weighted by atomic mass is 9.50. The molecule has 0 aliphatic heterocycles. The highest BCUT2D eigenvalue weighted by Crippen LogP contribution is 2.64. The summed E-state index contributed by atoms with van der Waals surface area (Å²) in [5, 5.41) is 10.9. The molecule has 0 radical (unpaired) electrons. The average molecular weight is 298 g/mol. The summed E-state index contributed by atoms with van der Waals surface area (Å²) in [6.45, 7) is 2.23. The number of rotatable bonds is 0. The molecule has 6 atom stereocenters. The molecule has 0 amide bonds. The fourth-order valence-corrected chi connectivity index (χ4v) is 6.43. The Labute approximate surface area is 133 Å². The van der Waals surface area contributed by atoms with Crippen molar-refractivity contribution in [3.05, 3.63) is 11.6 Å².